The minimum atomic E-state index is -0.612. The van der Waals surface area contributed by atoms with Crippen molar-refractivity contribution in [1.82, 2.24) is 0 Å². The number of aryl methyl sites for hydroxylation is 1. The number of ether oxygens (including phenoxy) is 1. The normalized spacial score (nSPS) is 10.1. The highest BCUT2D eigenvalue weighted by Crippen LogP contribution is 2.18. The first kappa shape index (κ1) is 12.2. The van der Waals surface area contributed by atoms with Crippen molar-refractivity contribution < 1.29 is 13.9 Å². The van der Waals surface area contributed by atoms with Gasteiger partial charge in [-0.3, -0.25) is 0 Å². The lowest BCUT2D eigenvalue weighted by molar-refractivity contribution is 0.0521. The van der Waals surface area contributed by atoms with Gasteiger partial charge in [0.2, 0.25) is 0 Å². The highest BCUT2D eigenvalue weighted by molar-refractivity contribution is 9.08. The van der Waals surface area contributed by atoms with E-state index in [9.17, 15) is 9.18 Å². The van der Waals surface area contributed by atoms with Gasteiger partial charge in [-0.15, -0.1) is 0 Å². The zero-order valence-corrected chi connectivity index (χ0v) is 10.2. The molecule has 0 N–H and O–H groups in total. The van der Waals surface area contributed by atoms with Gasteiger partial charge in [0.1, 0.15) is 5.82 Å². The van der Waals surface area contributed by atoms with Gasteiger partial charge in [-0.2, -0.15) is 0 Å². The maximum Gasteiger partial charge on any atom is 0.341 e. The third-order valence-electron chi connectivity index (χ3n) is 2.06. The van der Waals surface area contributed by atoms with E-state index in [0.717, 1.165) is 11.1 Å². The predicted molar refractivity (Wildman–Crippen MR) is 59.7 cm³/mol. The van der Waals surface area contributed by atoms with Crippen molar-refractivity contribution in [3.8, 4) is 0 Å². The van der Waals surface area contributed by atoms with E-state index in [-0.39, 0.29) is 12.2 Å². The summed E-state index contributed by atoms with van der Waals surface area (Å²) in [6.07, 6.45) is 0. The summed E-state index contributed by atoms with van der Waals surface area (Å²) in [5.41, 5.74) is 1.70. The van der Waals surface area contributed by atoms with Crippen LogP contribution in [0.4, 0.5) is 4.39 Å². The Kier molecular flexibility index (Phi) is 4.27. The van der Waals surface area contributed by atoms with Crippen LogP contribution in [-0.4, -0.2) is 12.6 Å². The molecular formula is C11H12BrFO2. The van der Waals surface area contributed by atoms with Crippen LogP contribution < -0.4 is 0 Å². The van der Waals surface area contributed by atoms with Gasteiger partial charge in [0.05, 0.1) is 12.2 Å². The Hall–Kier alpha value is -0.900. The second-order valence-electron chi connectivity index (χ2n) is 3.11. The molecule has 1 rings (SSSR count). The van der Waals surface area contributed by atoms with Crippen LogP contribution in [0.5, 0.6) is 0 Å². The maximum absolute atomic E-state index is 13.5. The lowest BCUT2D eigenvalue weighted by atomic mass is 10.1. The van der Waals surface area contributed by atoms with Crippen LogP contribution >= 0.6 is 15.9 Å². The molecule has 0 fully saturated rings. The molecule has 0 radical (unpaired) electrons. The largest absolute Gasteiger partial charge is 0.462 e. The van der Waals surface area contributed by atoms with Crippen LogP contribution in [0.2, 0.25) is 0 Å². The number of hydrogen-bond donors (Lipinski definition) is 0. The van der Waals surface area contributed by atoms with E-state index in [1.165, 1.54) is 12.1 Å². The Morgan fingerprint density at radius 3 is 2.73 bits per heavy atom. The molecule has 0 aromatic heterocycles. The molecule has 82 valence electrons. The van der Waals surface area contributed by atoms with E-state index < -0.39 is 11.8 Å². The molecule has 0 heterocycles. The van der Waals surface area contributed by atoms with Crippen molar-refractivity contribution >= 4 is 21.9 Å². The highest BCUT2D eigenvalue weighted by Gasteiger charge is 2.14. The number of carbonyl (C=O) groups is 1. The minimum Gasteiger partial charge on any atom is -0.462 e. The quantitative estimate of drug-likeness (QED) is 0.625. The fourth-order valence-electron chi connectivity index (χ4n) is 1.23. The Bertz CT molecular complexity index is 377. The van der Waals surface area contributed by atoms with Crippen LogP contribution in [-0.2, 0) is 10.1 Å². The standard InChI is InChI=1S/C11H12BrFO2/c1-3-15-11(14)9-4-7(2)8(6-12)5-10(9)13/h4-5H,3,6H2,1-2H3. The Balaban J connectivity index is 3.10. The molecule has 15 heavy (non-hydrogen) atoms. The summed E-state index contributed by atoms with van der Waals surface area (Å²) in [5, 5.41) is 0.568. The molecule has 0 saturated heterocycles. The molecule has 0 spiro atoms. The molecule has 0 saturated carbocycles. The number of hydrogen-bond acceptors (Lipinski definition) is 2. The third kappa shape index (κ3) is 2.78. The molecule has 4 heteroatoms. The number of alkyl halides is 1. The van der Waals surface area contributed by atoms with E-state index in [1.807, 2.05) is 6.92 Å². The molecule has 0 unspecified atom stereocenters. The second kappa shape index (κ2) is 5.26. The van der Waals surface area contributed by atoms with Gasteiger partial charge in [-0.1, -0.05) is 15.9 Å². The van der Waals surface area contributed by atoms with Gasteiger partial charge in [-0.25, -0.2) is 9.18 Å². The van der Waals surface area contributed by atoms with Gasteiger partial charge >= 0.3 is 5.97 Å². The van der Waals surface area contributed by atoms with Gasteiger partial charge in [0, 0.05) is 5.33 Å². The molecule has 0 aliphatic carbocycles. The van der Waals surface area contributed by atoms with E-state index in [4.69, 9.17) is 4.74 Å². The fourth-order valence-corrected chi connectivity index (χ4v) is 1.84. The first-order valence-electron chi connectivity index (χ1n) is 4.62. The van der Waals surface area contributed by atoms with Crippen LogP contribution in [0.1, 0.15) is 28.4 Å². The summed E-state index contributed by atoms with van der Waals surface area (Å²) < 4.78 is 18.2. The Morgan fingerprint density at radius 1 is 1.53 bits per heavy atom. The van der Waals surface area contributed by atoms with Crippen LogP contribution in [0.25, 0.3) is 0 Å². The summed E-state index contributed by atoms with van der Waals surface area (Å²) in [7, 11) is 0. The smallest absolute Gasteiger partial charge is 0.341 e. The zero-order valence-electron chi connectivity index (χ0n) is 8.64. The van der Waals surface area contributed by atoms with Crippen molar-refractivity contribution in [3.05, 3.63) is 34.6 Å². The lowest BCUT2D eigenvalue weighted by Crippen LogP contribution is -2.08. The van der Waals surface area contributed by atoms with E-state index in [0.29, 0.717) is 5.33 Å². The van der Waals surface area contributed by atoms with E-state index in [1.54, 1.807) is 6.92 Å². The van der Waals surface area contributed by atoms with E-state index >= 15 is 0 Å². The van der Waals surface area contributed by atoms with Crippen molar-refractivity contribution in [2.75, 3.05) is 6.61 Å². The predicted octanol–water partition coefficient (Wildman–Crippen LogP) is 3.21. The van der Waals surface area contributed by atoms with Gasteiger partial charge in [0.15, 0.2) is 0 Å². The summed E-state index contributed by atoms with van der Waals surface area (Å²) in [6.45, 7) is 3.77. The van der Waals surface area contributed by atoms with Gasteiger partial charge in [0.25, 0.3) is 0 Å². The molecule has 1 aromatic carbocycles. The van der Waals surface area contributed by atoms with Crippen molar-refractivity contribution in [2.24, 2.45) is 0 Å². The number of rotatable bonds is 3. The third-order valence-corrected chi connectivity index (χ3v) is 2.67. The maximum atomic E-state index is 13.5. The number of benzene rings is 1. The van der Waals surface area contributed by atoms with E-state index in [2.05, 4.69) is 15.9 Å². The van der Waals surface area contributed by atoms with Crippen molar-refractivity contribution in [1.29, 1.82) is 0 Å². The van der Waals surface area contributed by atoms with Crippen molar-refractivity contribution in [3.63, 3.8) is 0 Å². The zero-order chi connectivity index (χ0) is 11.4. The van der Waals surface area contributed by atoms with Crippen LogP contribution in [0.3, 0.4) is 0 Å². The summed E-state index contributed by atoms with van der Waals surface area (Å²) >= 11 is 3.25. The van der Waals surface area contributed by atoms with Gasteiger partial charge in [-0.05, 0) is 37.1 Å². The molecule has 0 amide bonds. The van der Waals surface area contributed by atoms with Crippen molar-refractivity contribution in [2.45, 2.75) is 19.2 Å². The summed E-state index contributed by atoms with van der Waals surface area (Å²) in [6, 6.07) is 2.88. The second-order valence-corrected chi connectivity index (χ2v) is 3.67. The first-order valence-corrected chi connectivity index (χ1v) is 5.74. The van der Waals surface area contributed by atoms with Gasteiger partial charge < -0.3 is 4.74 Å². The topological polar surface area (TPSA) is 26.3 Å². The minimum absolute atomic E-state index is 0.000880. The first-order chi connectivity index (χ1) is 7.10. The molecule has 0 aliphatic heterocycles. The Morgan fingerprint density at radius 2 is 2.20 bits per heavy atom. The number of carbonyl (C=O) groups excluding carboxylic acids is 1. The average molecular weight is 275 g/mol. The van der Waals surface area contributed by atoms with Crippen LogP contribution in [0, 0.1) is 12.7 Å². The average Bonchev–Trinajstić information content (AvgIpc) is 2.21. The molecule has 0 aliphatic rings. The lowest BCUT2D eigenvalue weighted by Gasteiger charge is -2.07. The molecule has 0 atom stereocenters. The highest BCUT2D eigenvalue weighted by atomic mass is 79.9. The Labute approximate surface area is 96.6 Å². The summed E-state index contributed by atoms with van der Waals surface area (Å²) in [5.74, 6) is -1.15. The molecule has 1 aromatic rings. The molecule has 0 bridgehead atoms. The number of halogens is 2. The SMILES string of the molecule is CCOC(=O)c1cc(C)c(CBr)cc1F. The fraction of sp³-hybridized carbons (Fsp3) is 0.364. The molecular weight excluding hydrogens is 263 g/mol. The van der Waals surface area contributed by atoms with Crippen LogP contribution in [0.15, 0.2) is 12.1 Å². The monoisotopic (exact) mass is 274 g/mol. The summed E-state index contributed by atoms with van der Waals surface area (Å²) in [4.78, 5) is 11.3. The number of esters is 1. The molecule has 2 nitrogen and oxygen atoms in total.